The standard InChI is InChI=1S/C14H22N2O3/c1-16(2)9-5-8-15-13(14(17)18)11-6-4-7-12(10-11)19-3/h4,6-7,10,13,15H,5,8-9H2,1-3H3,(H,17,18). The third kappa shape index (κ3) is 5.28. The number of benzene rings is 1. The molecular weight excluding hydrogens is 244 g/mol. The van der Waals surface area contributed by atoms with Crippen molar-refractivity contribution in [1.29, 1.82) is 0 Å². The van der Waals surface area contributed by atoms with Gasteiger partial charge in [-0.2, -0.15) is 0 Å². The summed E-state index contributed by atoms with van der Waals surface area (Å²) in [5, 5.41) is 12.3. The average Bonchev–Trinajstić information content (AvgIpc) is 2.38. The van der Waals surface area contributed by atoms with E-state index in [0.717, 1.165) is 13.0 Å². The highest BCUT2D eigenvalue weighted by molar-refractivity contribution is 5.75. The van der Waals surface area contributed by atoms with Crippen molar-refractivity contribution < 1.29 is 14.6 Å². The van der Waals surface area contributed by atoms with E-state index in [-0.39, 0.29) is 0 Å². The van der Waals surface area contributed by atoms with Gasteiger partial charge in [0, 0.05) is 0 Å². The first-order valence-electron chi connectivity index (χ1n) is 6.29. The average molecular weight is 266 g/mol. The third-order valence-corrected chi connectivity index (χ3v) is 2.80. The van der Waals surface area contributed by atoms with E-state index in [9.17, 15) is 9.90 Å². The van der Waals surface area contributed by atoms with E-state index in [0.29, 0.717) is 17.9 Å². The second-order valence-electron chi connectivity index (χ2n) is 4.66. The summed E-state index contributed by atoms with van der Waals surface area (Å²) < 4.78 is 5.11. The first-order valence-corrected chi connectivity index (χ1v) is 6.29. The molecule has 2 N–H and O–H groups in total. The van der Waals surface area contributed by atoms with Gasteiger partial charge in [-0.25, -0.2) is 0 Å². The molecule has 0 heterocycles. The predicted molar refractivity (Wildman–Crippen MR) is 74.5 cm³/mol. The van der Waals surface area contributed by atoms with Crippen LogP contribution in [0.5, 0.6) is 5.75 Å². The number of carbonyl (C=O) groups is 1. The van der Waals surface area contributed by atoms with E-state index < -0.39 is 12.0 Å². The number of carboxylic acids is 1. The normalized spacial score (nSPS) is 12.4. The van der Waals surface area contributed by atoms with Gasteiger partial charge in [0.15, 0.2) is 0 Å². The van der Waals surface area contributed by atoms with Crippen LogP contribution in [0.2, 0.25) is 0 Å². The molecule has 5 heteroatoms. The molecular formula is C14H22N2O3. The highest BCUT2D eigenvalue weighted by Gasteiger charge is 2.19. The van der Waals surface area contributed by atoms with Crippen LogP contribution in [0.4, 0.5) is 0 Å². The summed E-state index contributed by atoms with van der Waals surface area (Å²) in [6.45, 7) is 1.59. The predicted octanol–water partition coefficient (Wildman–Crippen LogP) is 1.36. The van der Waals surface area contributed by atoms with Crippen LogP contribution in [0, 0.1) is 0 Å². The molecule has 1 unspecified atom stereocenters. The molecule has 0 saturated carbocycles. The molecule has 0 fully saturated rings. The summed E-state index contributed by atoms with van der Waals surface area (Å²) in [5.41, 5.74) is 0.705. The van der Waals surface area contributed by atoms with Gasteiger partial charge in [0.1, 0.15) is 11.8 Å². The Morgan fingerprint density at radius 1 is 1.47 bits per heavy atom. The van der Waals surface area contributed by atoms with Gasteiger partial charge < -0.3 is 20.1 Å². The van der Waals surface area contributed by atoms with Gasteiger partial charge in [-0.15, -0.1) is 0 Å². The number of aliphatic carboxylic acids is 1. The summed E-state index contributed by atoms with van der Waals surface area (Å²) in [6.07, 6.45) is 0.904. The van der Waals surface area contributed by atoms with Crippen LogP contribution >= 0.6 is 0 Å². The van der Waals surface area contributed by atoms with Crippen molar-refractivity contribution in [2.45, 2.75) is 12.5 Å². The summed E-state index contributed by atoms with van der Waals surface area (Å²) >= 11 is 0. The van der Waals surface area contributed by atoms with Gasteiger partial charge in [-0.05, 0) is 51.3 Å². The highest BCUT2D eigenvalue weighted by atomic mass is 16.5. The molecule has 0 radical (unpaired) electrons. The van der Waals surface area contributed by atoms with E-state index in [4.69, 9.17) is 4.74 Å². The lowest BCUT2D eigenvalue weighted by Gasteiger charge is -2.16. The van der Waals surface area contributed by atoms with Gasteiger partial charge in [0.2, 0.25) is 0 Å². The molecule has 1 aromatic carbocycles. The molecule has 0 aliphatic rings. The molecule has 19 heavy (non-hydrogen) atoms. The lowest BCUT2D eigenvalue weighted by molar-refractivity contribution is -0.139. The summed E-state index contributed by atoms with van der Waals surface area (Å²) in [7, 11) is 5.56. The van der Waals surface area contributed by atoms with Crippen LogP contribution in [0.3, 0.4) is 0 Å². The Balaban J connectivity index is 2.63. The molecule has 0 spiro atoms. The van der Waals surface area contributed by atoms with Crippen molar-refractivity contribution in [3.63, 3.8) is 0 Å². The minimum absolute atomic E-state index is 0.659. The van der Waals surface area contributed by atoms with Crippen LogP contribution in [0.1, 0.15) is 18.0 Å². The van der Waals surface area contributed by atoms with Crippen LogP contribution in [-0.4, -0.2) is 50.3 Å². The number of ether oxygens (including phenoxy) is 1. The Morgan fingerprint density at radius 3 is 2.79 bits per heavy atom. The molecule has 0 aromatic heterocycles. The molecule has 1 atom stereocenters. The van der Waals surface area contributed by atoms with Crippen molar-refractivity contribution >= 4 is 5.97 Å². The molecule has 0 aliphatic carbocycles. The Morgan fingerprint density at radius 2 is 2.21 bits per heavy atom. The Hall–Kier alpha value is -1.59. The Labute approximate surface area is 114 Å². The zero-order chi connectivity index (χ0) is 14.3. The van der Waals surface area contributed by atoms with Gasteiger partial charge >= 0.3 is 5.97 Å². The van der Waals surface area contributed by atoms with Crippen molar-refractivity contribution in [3.05, 3.63) is 29.8 Å². The zero-order valence-electron chi connectivity index (χ0n) is 11.7. The number of hydrogen-bond acceptors (Lipinski definition) is 4. The molecule has 1 rings (SSSR count). The minimum Gasteiger partial charge on any atom is -0.497 e. The maximum absolute atomic E-state index is 11.3. The van der Waals surface area contributed by atoms with Gasteiger partial charge in [-0.1, -0.05) is 12.1 Å². The van der Waals surface area contributed by atoms with E-state index in [1.54, 1.807) is 31.4 Å². The van der Waals surface area contributed by atoms with Crippen molar-refractivity contribution in [2.75, 3.05) is 34.3 Å². The van der Waals surface area contributed by atoms with Crippen LogP contribution < -0.4 is 10.1 Å². The number of rotatable bonds is 8. The maximum atomic E-state index is 11.3. The molecule has 0 saturated heterocycles. The van der Waals surface area contributed by atoms with Gasteiger partial charge in [0.25, 0.3) is 0 Å². The summed E-state index contributed by atoms with van der Waals surface area (Å²) in [4.78, 5) is 13.4. The van der Waals surface area contributed by atoms with Gasteiger partial charge in [-0.3, -0.25) is 4.79 Å². The second kappa shape index (κ2) is 7.76. The third-order valence-electron chi connectivity index (χ3n) is 2.80. The van der Waals surface area contributed by atoms with Crippen molar-refractivity contribution in [2.24, 2.45) is 0 Å². The van der Waals surface area contributed by atoms with E-state index in [1.807, 2.05) is 14.1 Å². The SMILES string of the molecule is COc1cccc(C(NCCCN(C)C)C(=O)O)c1. The van der Waals surface area contributed by atoms with Crippen LogP contribution in [-0.2, 0) is 4.79 Å². The lowest BCUT2D eigenvalue weighted by atomic mass is 10.1. The molecule has 106 valence electrons. The number of nitrogens with zero attached hydrogens (tertiary/aromatic N) is 1. The van der Waals surface area contributed by atoms with Crippen molar-refractivity contribution in [1.82, 2.24) is 10.2 Å². The highest BCUT2D eigenvalue weighted by Crippen LogP contribution is 2.19. The van der Waals surface area contributed by atoms with Crippen LogP contribution in [0.25, 0.3) is 0 Å². The Bertz CT molecular complexity index is 407. The van der Waals surface area contributed by atoms with Crippen molar-refractivity contribution in [3.8, 4) is 5.75 Å². The van der Waals surface area contributed by atoms with Gasteiger partial charge in [0.05, 0.1) is 7.11 Å². The molecule has 0 bridgehead atoms. The Kier molecular flexibility index (Phi) is 6.32. The topological polar surface area (TPSA) is 61.8 Å². The molecule has 0 aliphatic heterocycles. The van der Waals surface area contributed by atoms with E-state index >= 15 is 0 Å². The quantitative estimate of drug-likeness (QED) is 0.696. The fourth-order valence-corrected chi connectivity index (χ4v) is 1.81. The minimum atomic E-state index is -0.877. The monoisotopic (exact) mass is 266 g/mol. The van der Waals surface area contributed by atoms with Crippen LogP contribution in [0.15, 0.2) is 24.3 Å². The maximum Gasteiger partial charge on any atom is 0.325 e. The first-order chi connectivity index (χ1) is 9.04. The zero-order valence-corrected chi connectivity index (χ0v) is 11.7. The number of carboxylic acid groups (broad SMARTS) is 1. The number of hydrogen-bond donors (Lipinski definition) is 2. The first kappa shape index (κ1) is 15.5. The molecule has 5 nitrogen and oxygen atoms in total. The number of methoxy groups -OCH3 is 1. The molecule has 0 amide bonds. The fourth-order valence-electron chi connectivity index (χ4n) is 1.81. The largest absolute Gasteiger partial charge is 0.497 e. The lowest BCUT2D eigenvalue weighted by Crippen LogP contribution is -2.30. The smallest absolute Gasteiger partial charge is 0.325 e. The number of nitrogens with one attached hydrogen (secondary N) is 1. The van der Waals surface area contributed by atoms with E-state index in [2.05, 4.69) is 10.2 Å². The molecule has 1 aromatic rings. The second-order valence-corrected chi connectivity index (χ2v) is 4.66. The van der Waals surface area contributed by atoms with E-state index in [1.165, 1.54) is 0 Å². The summed E-state index contributed by atoms with van der Waals surface area (Å²) in [6, 6.07) is 6.44. The fraction of sp³-hybridized carbons (Fsp3) is 0.500. The summed E-state index contributed by atoms with van der Waals surface area (Å²) in [5.74, 6) is -0.211.